The number of para-hydroxylation sites is 5. The van der Waals surface area contributed by atoms with E-state index in [2.05, 4.69) is 160 Å². The molecule has 2 atom stereocenters. The molecule has 0 fully saturated rings. The van der Waals surface area contributed by atoms with Crippen LogP contribution in [-0.4, -0.2) is 16.2 Å². The number of hydrogen-bond donors (Lipinski definition) is 1. The molecule has 9 rings (SSSR count). The summed E-state index contributed by atoms with van der Waals surface area (Å²) in [6.07, 6.45) is 5.78. The van der Waals surface area contributed by atoms with Crippen LogP contribution in [-0.2, 0) is 6.42 Å². The Hall–Kier alpha value is -5.22. The highest BCUT2D eigenvalue weighted by Crippen LogP contribution is 2.44. The van der Waals surface area contributed by atoms with E-state index in [0.717, 1.165) is 6.42 Å². The second-order valence-corrected chi connectivity index (χ2v) is 11.5. The molecular formula is C38H30N4. The maximum Gasteiger partial charge on any atom is 0.183 e. The molecule has 0 radical (unpaired) electrons. The van der Waals surface area contributed by atoms with Crippen molar-refractivity contribution in [3.05, 3.63) is 144 Å². The number of fused-ring (bicyclic) bond motifs is 7. The smallest absolute Gasteiger partial charge is 0.183 e. The number of nitrogens with zero attached hydrogens (tertiary/aromatic N) is 3. The summed E-state index contributed by atoms with van der Waals surface area (Å²) < 4.78 is 4.87. The summed E-state index contributed by atoms with van der Waals surface area (Å²) in [4.78, 5) is 2.35. The van der Waals surface area contributed by atoms with Crippen molar-refractivity contribution < 1.29 is 0 Å². The van der Waals surface area contributed by atoms with Crippen molar-refractivity contribution in [2.24, 2.45) is 0 Å². The number of allylic oxidation sites excluding steroid dienone is 1. The normalized spacial score (nSPS) is 17.6. The fourth-order valence-electron chi connectivity index (χ4n) is 7.32. The molecule has 4 nitrogen and oxygen atoms in total. The molecule has 0 saturated carbocycles. The standard InChI is InChI=1S/C38H30N4/c1-40-37-18-10-7-15-32(37)39-38(40)42-34-17-9-6-14-29(34)31-24-26(20-22-36(31)42)25-19-21-35-30(23-25)28-13-5-8-16-33(28)41(35)27-11-3-2-4-12-27/h2-23,26,38-39H,24H2,1H3. The van der Waals surface area contributed by atoms with E-state index in [1.54, 1.807) is 0 Å². The number of rotatable bonds is 3. The van der Waals surface area contributed by atoms with E-state index in [0.29, 0.717) is 5.92 Å². The van der Waals surface area contributed by atoms with Gasteiger partial charge in [-0.3, -0.25) is 0 Å². The van der Waals surface area contributed by atoms with Crippen molar-refractivity contribution in [3.8, 4) is 5.69 Å². The van der Waals surface area contributed by atoms with Gasteiger partial charge in [0.2, 0.25) is 0 Å². The Labute approximate surface area is 244 Å². The van der Waals surface area contributed by atoms with Crippen LogP contribution in [0.2, 0.25) is 0 Å². The molecule has 0 spiro atoms. The third-order valence-corrected chi connectivity index (χ3v) is 9.29. The van der Waals surface area contributed by atoms with Gasteiger partial charge in [0.15, 0.2) is 6.29 Å². The van der Waals surface area contributed by atoms with Gasteiger partial charge in [-0.25, -0.2) is 0 Å². The van der Waals surface area contributed by atoms with Crippen LogP contribution in [0, 0.1) is 0 Å². The zero-order chi connectivity index (χ0) is 27.8. The maximum atomic E-state index is 3.78. The third kappa shape index (κ3) is 3.29. The van der Waals surface area contributed by atoms with Crippen molar-refractivity contribution in [3.63, 3.8) is 0 Å². The van der Waals surface area contributed by atoms with Crippen molar-refractivity contribution in [2.45, 2.75) is 18.6 Å². The minimum absolute atomic E-state index is 0.0257. The number of hydrogen-bond acceptors (Lipinski definition) is 2. The first kappa shape index (κ1) is 23.5. The molecule has 202 valence electrons. The van der Waals surface area contributed by atoms with Crippen molar-refractivity contribution in [1.82, 2.24) is 9.13 Å². The van der Waals surface area contributed by atoms with Crippen LogP contribution >= 0.6 is 0 Å². The van der Waals surface area contributed by atoms with E-state index in [1.807, 2.05) is 0 Å². The minimum Gasteiger partial charge on any atom is -0.346 e. The van der Waals surface area contributed by atoms with Gasteiger partial charge in [-0.2, -0.15) is 0 Å². The highest BCUT2D eigenvalue weighted by Gasteiger charge is 2.32. The molecule has 0 saturated heterocycles. The Bertz CT molecular complexity index is 2180. The average molecular weight is 543 g/mol. The largest absolute Gasteiger partial charge is 0.346 e. The molecule has 3 heterocycles. The predicted octanol–water partition coefficient (Wildman–Crippen LogP) is 9.11. The summed E-state index contributed by atoms with van der Waals surface area (Å²) in [7, 11) is 2.18. The number of anilines is 2. The van der Waals surface area contributed by atoms with Gasteiger partial charge >= 0.3 is 0 Å². The lowest BCUT2D eigenvalue weighted by Gasteiger charge is -2.27. The van der Waals surface area contributed by atoms with Crippen LogP contribution in [0.3, 0.4) is 0 Å². The number of nitrogens with one attached hydrogen (secondary N) is 1. The zero-order valence-electron chi connectivity index (χ0n) is 23.4. The van der Waals surface area contributed by atoms with Gasteiger partial charge in [0.05, 0.1) is 27.9 Å². The summed E-state index contributed by atoms with van der Waals surface area (Å²) >= 11 is 0. The van der Waals surface area contributed by atoms with Gasteiger partial charge in [-0.15, -0.1) is 0 Å². The van der Waals surface area contributed by atoms with Gasteiger partial charge in [0.1, 0.15) is 0 Å². The van der Waals surface area contributed by atoms with Crippen LogP contribution < -0.4 is 10.2 Å². The Morgan fingerprint density at radius 3 is 2.24 bits per heavy atom. The summed E-state index contributed by atoms with van der Waals surface area (Å²) in [5, 5.41) is 7.72. The van der Waals surface area contributed by atoms with Crippen LogP contribution in [0.5, 0.6) is 0 Å². The van der Waals surface area contributed by atoms with E-state index < -0.39 is 0 Å². The van der Waals surface area contributed by atoms with Crippen molar-refractivity contribution >= 4 is 50.2 Å². The molecule has 1 N–H and O–H groups in total. The quantitative estimate of drug-likeness (QED) is 0.241. The lowest BCUT2D eigenvalue weighted by Crippen LogP contribution is -2.30. The van der Waals surface area contributed by atoms with Crippen LogP contribution in [0.4, 0.5) is 11.4 Å². The fraction of sp³-hybridized carbons (Fsp3) is 0.105. The van der Waals surface area contributed by atoms with E-state index in [4.69, 9.17) is 0 Å². The minimum atomic E-state index is 0.0257. The molecular weight excluding hydrogens is 512 g/mol. The summed E-state index contributed by atoms with van der Waals surface area (Å²) in [6.45, 7) is 0. The lowest BCUT2D eigenvalue weighted by molar-refractivity contribution is 0.583. The SMILES string of the molecule is CN1c2ccccc2NC1n1c2c(c3ccccc31)CC(c1ccc3c(c1)c1ccccc1n3-c1ccccc1)C=C2. The van der Waals surface area contributed by atoms with Gasteiger partial charge in [-0.05, 0) is 72.2 Å². The maximum absolute atomic E-state index is 3.78. The van der Waals surface area contributed by atoms with Gasteiger partial charge < -0.3 is 19.4 Å². The highest BCUT2D eigenvalue weighted by atomic mass is 15.4. The van der Waals surface area contributed by atoms with E-state index in [1.165, 1.54) is 66.6 Å². The van der Waals surface area contributed by atoms with Crippen LogP contribution in [0.15, 0.2) is 127 Å². The monoisotopic (exact) mass is 542 g/mol. The van der Waals surface area contributed by atoms with Gasteiger partial charge in [0, 0.05) is 40.5 Å². The molecule has 5 aromatic carbocycles. The Morgan fingerprint density at radius 1 is 0.667 bits per heavy atom. The van der Waals surface area contributed by atoms with E-state index in [9.17, 15) is 0 Å². The summed E-state index contributed by atoms with van der Waals surface area (Å²) in [5.74, 6) is 0.312. The molecule has 1 aliphatic carbocycles. The van der Waals surface area contributed by atoms with Crippen molar-refractivity contribution in [2.75, 3.05) is 17.3 Å². The Kier molecular flexibility index (Phi) is 4.97. The molecule has 42 heavy (non-hydrogen) atoms. The molecule has 1 aliphatic heterocycles. The number of benzene rings is 5. The zero-order valence-corrected chi connectivity index (χ0v) is 23.4. The fourth-order valence-corrected chi connectivity index (χ4v) is 7.32. The Morgan fingerprint density at radius 2 is 1.38 bits per heavy atom. The van der Waals surface area contributed by atoms with Crippen LogP contribution in [0.1, 0.15) is 29.0 Å². The van der Waals surface area contributed by atoms with Gasteiger partial charge in [0.25, 0.3) is 0 Å². The first-order valence-electron chi connectivity index (χ1n) is 14.7. The average Bonchev–Trinajstić information content (AvgIpc) is 3.68. The predicted molar refractivity (Wildman–Crippen MR) is 176 cm³/mol. The molecule has 4 heteroatoms. The number of aromatic nitrogens is 2. The first-order chi connectivity index (χ1) is 20.8. The van der Waals surface area contributed by atoms with Crippen molar-refractivity contribution in [1.29, 1.82) is 0 Å². The second kappa shape index (κ2) is 8.89. The summed E-state index contributed by atoms with van der Waals surface area (Å²) in [6, 6.07) is 44.0. The van der Waals surface area contributed by atoms with E-state index in [-0.39, 0.29) is 6.29 Å². The second-order valence-electron chi connectivity index (χ2n) is 11.5. The van der Waals surface area contributed by atoms with Crippen LogP contribution in [0.25, 0.3) is 44.5 Å². The van der Waals surface area contributed by atoms with Gasteiger partial charge in [-0.1, -0.05) is 78.9 Å². The molecule has 2 aliphatic rings. The molecule has 0 amide bonds. The molecule has 2 aromatic heterocycles. The first-order valence-corrected chi connectivity index (χ1v) is 14.7. The molecule has 2 unspecified atom stereocenters. The molecule has 0 bridgehead atoms. The topological polar surface area (TPSA) is 25.1 Å². The Balaban J connectivity index is 1.16. The summed E-state index contributed by atoms with van der Waals surface area (Å²) in [5.41, 5.74) is 11.5. The lowest BCUT2D eigenvalue weighted by atomic mass is 9.86. The highest BCUT2D eigenvalue weighted by molar-refractivity contribution is 6.09. The third-order valence-electron chi connectivity index (χ3n) is 9.29. The molecule has 7 aromatic rings. The van der Waals surface area contributed by atoms with E-state index >= 15 is 0 Å².